The van der Waals surface area contributed by atoms with Crippen molar-refractivity contribution in [2.24, 2.45) is 0 Å². The molecule has 5 nitrogen and oxygen atoms in total. The summed E-state index contributed by atoms with van der Waals surface area (Å²) in [6, 6.07) is 0.618. The second kappa shape index (κ2) is 7.38. The smallest absolute Gasteiger partial charge is 0.148 e. The Labute approximate surface area is 117 Å². The minimum Gasteiger partial charge on any atom is -0.394 e. The Hall–Kier alpha value is -1.23. The summed E-state index contributed by atoms with van der Waals surface area (Å²) in [6.45, 7) is 11.4. The molecule has 19 heavy (non-hydrogen) atoms. The number of rotatable bonds is 8. The van der Waals surface area contributed by atoms with E-state index in [1.54, 1.807) is 0 Å². The summed E-state index contributed by atoms with van der Waals surface area (Å²) < 4.78 is 1.94. The lowest BCUT2D eigenvalue weighted by Crippen LogP contribution is -2.27. The average molecular weight is 267 g/mol. The molecule has 0 saturated carbocycles. The number of hydrogen-bond donors (Lipinski definition) is 2. The molecule has 1 aromatic rings. The lowest BCUT2D eigenvalue weighted by atomic mass is 10.2. The zero-order valence-electron chi connectivity index (χ0n) is 13.0. The lowest BCUT2D eigenvalue weighted by Gasteiger charge is -2.20. The van der Waals surface area contributed by atoms with Crippen molar-refractivity contribution in [3.05, 3.63) is 5.69 Å². The van der Waals surface area contributed by atoms with Gasteiger partial charge in [-0.15, -0.1) is 0 Å². The Morgan fingerprint density at radius 1 is 1.37 bits per heavy atom. The van der Waals surface area contributed by atoms with Crippen molar-refractivity contribution in [1.82, 2.24) is 14.7 Å². The van der Waals surface area contributed by atoms with E-state index in [4.69, 9.17) is 5.73 Å². The molecule has 0 unspecified atom stereocenters. The van der Waals surface area contributed by atoms with E-state index in [1.165, 1.54) is 6.42 Å². The Bertz CT molecular complexity index is 383. The van der Waals surface area contributed by atoms with Crippen molar-refractivity contribution in [3.63, 3.8) is 0 Å². The highest BCUT2D eigenvalue weighted by molar-refractivity contribution is 5.64. The minimum absolute atomic E-state index is 0.618. The van der Waals surface area contributed by atoms with E-state index in [2.05, 4.69) is 43.1 Å². The van der Waals surface area contributed by atoms with Crippen LogP contribution in [0.25, 0.3) is 0 Å². The summed E-state index contributed by atoms with van der Waals surface area (Å²) in [5.74, 6) is 0.970. The summed E-state index contributed by atoms with van der Waals surface area (Å²) in [6.07, 6.45) is 2.34. The lowest BCUT2D eigenvalue weighted by molar-refractivity contribution is 0.269. The quantitative estimate of drug-likeness (QED) is 0.710. The number of unbranched alkanes of at least 4 members (excludes halogenated alkanes) is 1. The Kier molecular flexibility index (Phi) is 6.15. The summed E-state index contributed by atoms with van der Waals surface area (Å²) in [7, 11) is 2.17. The largest absolute Gasteiger partial charge is 0.394 e. The first-order chi connectivity index (χ1) is 8.97. The molecule has 3 N–H and O–H groups in total. The molecule has 0 saturated heterocycles. The first-order valence-corrected chi connectivity index (χ1v) is 7.24. The fourth-order valence-electron chi connectivity index (χ4n) is 1.96. The van der Waals surface area contributed by atoms with Gasteiger partial charge in [-0.2, -0.15) is 5.10 Å². The summed E-state index contributed by atoms with van der Waals surface area (Å²) in [5.41, 5.74) is 7.71. The molecule has 110 valence electrons. The predicted molar refractivity (Wildman–Crippen MR) is 82.5 cm³/mol. The minimum atomic E-state index is 0.618. The van der Waals surface area contributed by atoms with Gasteiger partial charge < -0.3 is 16.0 Å². The number of nitrogens with two attached hydrogens (primary N) is 1. The Morgan fingerprint density at radius 2 is 2.05 bits per heavy atom. The summed E-state index contributed by atoms with van der Waals surface area (Å²) in [4.78, 5) is 2.37. The molecule has 0 radical (unpaired) electrons. The molecule has 0 spiro atoms. The number of aromatic nitrogens is 2. The van der Waals surface area contributed by atoms with E-state index in [1.807, 2.05) is 11.6 Å². The number of anilines is 2. The second-order valence-corrected chi connectivity index (χ2v) is 5.37. The first kappa shape index (κ1) is 15.8. The maximum Gasteiger partial charge on any atom is 0.148 e. The van der Waals surface area contributed by atoms with Crippen molar-refractivity contribution < 1.29 is 0 Å². The highest BCUT2D eigenvalue weighted by Crippen LogP contribution is 2.21. The van der Waals surface area contributed by atoms with E-state index in [-0.39, 0.29) is 0 Å². The van der Waals surface area contributed by atoms with Gasteiger partial charge in [-0.25, -0.2) is 4.68 Å². The Balaban J connectivity index is 2.34. The standard InChI is InChI=1S/C14H29N5/c1-6-19-14(13(15)12(4)17-19)16-9-7-8-10-18(5)11(2)3/h11,16H,6-10,15H2,1-5H3. The van der Waals surface area contributed by atoms with Crippen LogP contribution in [0.4, 0.5) is 11.5 Å². The van der Waals surface area contributed by atoms with Crippen molar-refractivity contribution >= 4 is 11.5 Å². The monoisotopic (exact) mass is 267 g/mol. The number of aryl methyl sites for hydroxylation is 2. The molecule has 1 rings (SSSR count). The molecule has 0 bridgehead atoms. The normalized spacial score (nSPS) is 11.5. The van der Waals surface area contributed by atoms with Crippen LogP contribution in [0.5, 0.6) is 0 Å². The maximum atomic E-state index is 6.03. The number of nitrogen functional groups attached to an aromatic ring is 1. The molecule has 0 aliphatic rings. The third-order valence-corrected chi connectivity index (χ3v) is 3.58. The van der Waals surface area contributed by atoms with Crippen LogP contribution in [0.15, 0.2) is 0 Å². The van der Waals surface area contributed by atoms with Crippen LogP contribution in [-0.4, -0.2) is 40.9 Å². The van der Waals surface area contributed by atoms with E-state index in [0.29, 0.717) is 6.04 Å². The molecule has 0 aromatic carbocycles. The van der Waals surface area contributed by atoms with Crippen LogP contribution in [0, 0.1) is 6.92 Å². The van der Waals surface area contributed by atoms with Crippen LogP contribution in [-0.2, 0) is 6.54 Å². The number of nitrogens with zero attached hydrogens (tertiary/aromatic N) is 3. The topological polar surface area (TPSA) is 59.1 Å². The van der Waals surface area contributed by atoms with Gasteiger partial charge in [0.15, 0.2) is 0 Å². The fourth-order valence-corrected chi connectivity index (χ4v) is 1.96. The SMILES string of the molecule is CCn1nc(C)c(N)c1NCCCCN(C)C(C)C. The predicted octanol–water partition coefficient (Wildman–Crippen LogP) is 2.33. The average Bonchev–Trinajstić information content (AvgIpc) is 2.65. The van der Waals surface area contributed by atoms with Crippen molar-refractivity contribution in [2.45, 2.75) is 53.1 Å². The van der Waals surface area contributed by atoms with Gasteiger partial charge in [0, 0.05) is 19.1 Å². The van der Waals surface area contributed by atoms with E-state index < -0.39 is 0 Å². The van der Waals surface area contributed by atoms with E-state index >= 15 is 0 Å². The molecule has 1 heterocycles. The summed E-state index contributed by atoms with van der Waals surface area (Å²) in [5, 5.41) is 7.81. The first-order valence-electron chi connectivity index (χ1n) is 7.24. The van der Waals surface area contributed by atoms with Crippen LogP contribution < -0.4 is 11.1 Å². The molecular formula is C14H29N5. The van der Waals surface area contributed by atoms with Gasteiger partial charge in [-0.05, 0) is 54.1 Å². The highest BCUT2D eigenvalue weighted by atomic mass is 15.3. The zero-order chi connectivity index (χ0) is 14.4. The van der Waals surface area contributed by atoms with Gasteiger partial charge in [0.2, 0.25) is 0 Å². The van der Waals surface area contributed by atoms with Gasteiger partial charge >= 0.3 is 0 Å². The van der Waals surface area contributed by atoms with E-state index in [9.17, 15) is 0 Å². The van der Waals surface area contributed by atoms with Gasteiger partial charge in [0.1, 0.15) is 5.82 Å². The molecule has 5 heteroatoms. The van der Waals surface area contributed by atoms with Crippen LogP contribution in [0.1, 0.15) is 39.3 Å². The molecule has 0 amide bonds. The third-order valence-electron chi connectivity index (χ3n) is 3.58. The van der Waals surface area contributed by atoms with Gasteiger partial charge in [0.05, 0.1) is 11.4 Å². The molecular weight excluding hydrogens is 238 g/mol. The summed E-state index contributed by atoms with van der Waals surface area (Å²) >= 11 is 0. The van der Waals surface area contributed by atoms with Gasteiger partial charge in [-0.3, -0.25) is 0 Å². The van der Waals surface area contributed by atoms with E-state index in [0.717, 1.165) is 43.3 Å². The van der Waals surface area contributed by atoms with Crippen LogP contribution in [0.2, 0.25) is 0 Å². The van der Waals surface area contributed by atoms with Crippen molar-refractivity contribution in [1.29, 1.82) is 0 Å². The molecule has 1 aromatic heterocycles. The number of hydrogen-bond acceptors (Lipinski definition) is 4. The van der Waals surface area contributed by atoms with Crippen LogP contribution in [0.3, 0.4) is 0 Å². The van der Waals surface area contributed by atoms with Crippen molar-refractivity contribution in [3.8, 4) is 0 Å². The van der Waals surface area contributed by atoms with Crippen LogP contribution >= 0.6 is 0 Å². The maximum absolute atomic E-state index is 6.03. The van der Waals surface area contributed by atoms with Gasteiger partial charge in [0.25, 0.3) is 0 Å². The molecule has 0 aliphatic heterocycles. The second-order valence-electron chi connectivity index (χ2n) is 5.37. The molecule has 0 fully saturated rings. The number of nitrogens with one attached hydrogen (secondary N) is 1. The fraction of sp³-hybridized carbons (Fsp3) is 0.786. The zero-order valence-corrected chi connectivity index (χ0v) is 13.0. The van der Waals surface area contributed by atoms with Crippen molar-refractivity contribution in [2.75, 3.05) is 31.2 Å². The Morgan fingerprint density at radius 3 is 2.63 bits per heavy atom. The van der Waals surface area contributed by atoms with Gasteiger partial charge in [-0.1, -0.05) is 0 Å². The highest BCUT2D eigenvalue weighted by Gasteiger charge is 2.10. The molecule has 0 atom stereocenters. The third kappa shape index (κ3) is 4.42. The molecule has 0 aliphatic carbocycles.